The molecule has 1 N–H and O–H groups in total. The zero-order valence-corrected chi connectivity index (χ0v) is 15.7. The highest BCUT2D eigenvalue weighted by Gasteiger charge is 2.24. The summed E-state index contributed by atoms with van der Waals surface area (Å²) >= 11 is 9.05. The fourth-order valence-electron chi connectivity index (χ4n) is 2.83. The summed E-state index contributed by atoms with van der Waals surface area (Å²) in [6.07, 6.45) is 1.21. The van der Waals surface area contributed by atoms with Crippen molar-refractivity contribution in [2.75, 3.05) is 26.2 Å². The van der Waals surface area contributed by atoms with Gasteiger partial charge in [0.2, 0.25) is 0 Å². The number of hydrogen-bond acceptors (Lipinski definition) is 3. The Morgan fingerprint density at radius 3 is 2.76 bits per heavy atom. The van der Waals surface area contributed by atoms with Crippen LogP contribution in [0, 0.1) is 0 Å². The molecule has 1 unspecified atom stereocenters. The highest BCUT2D eigenvalue weighted by atomic mass is 79.9. The van der Waals surface area contributed by atoms with E-state index in [9.17, 15) is 0 Å². The molecule has 21 heavy (non-hydrogen) atoms. The van der Waals surface area contributed by atoms with Gasteiger partial charge in [0.1, 0.15) is 0 Å². The molecule has 5 heteroatoms. The van der Waals surface area contributed by atoms with Gasteiger partial charge in [-0.25, -0.2) is 0 Å². The molecule has 2 nitrogen and oxygen atoms in total. The van der Waals surface area contributed by atoms with Crippen LogP contribution in [0.2, 0.25) is 0 Å². The fraction of sp³-hybridized carbons (Fsp3) is 0.375. The average molecular weight is 430 g/mol. The maximum absolute atomic E-state index is 3.61. The standard InChI is InChI=1S/C16H18Br2N2S/c17-13-4-1-3-12(11-13)16(14-5-6-15(18)21-14)20-9-2-7-19-8-10-20/h1,3-6,11,16,19H,2,7-10H2. The number of thiophene rings is 1. The molecule has 112 valence electrons. The van der Waals surface area contributed by atoms with Gasteiger partial charge in [0.05, 0.1) is 9.83 Å². The summed E-state index contributed by atoms with van der Waals surface area (Å²) in [6, 6.07) is 13.5. The smallest absolute Gasteiger partial charge is 0.0702 e. The van der Waals surface area contributed by atoms with Crippen LogP contribution in [-0.4, -0.2) is 31.1 Å². The molecule has 1 aliphatic heterocycles. The van der Waals surface area contributed by atoms with Crippen LogP contribution in [-0.2, 0) is 0 Å². The van der Waals surface area contributed by atoms with Gasteiger partial charge in [-0.05, 0) is 58.7 Å². The lowest BCUT2D eigenvalue weighted by molar-refractivity contribution is 0.244. The largest absolute Gasteiger partial charge is 0.315 e. The van der Waals surface area contributed by atoms with E-state index in [1.807, 2.05) is 11.3 Å². The Labute approximate surface area is 146 Å². The van der Waals surface area contributed by atoms with Gasteiger partial charge in [0.15, 0.2) is 0 Å². The zero-order chi connectivity index (χ0) is 14.7. The van der Waals surface area contributed by atoms with Crippen molar-refractivity contribution in [3.05, 3.63) is 55.1 Å². The van der Waals surface area contributed by atoms with Crippen molar-refractivity contribution in [1.82, 2.24) is 10.2 Å². The Morgan fingerprint density at radius 1 is 1.10 bits per heavy atom. The van der Waals surface area contributed by atoms with Gasteiger partial charge in [-0.1, -0.05) is 28.1 Å². The molecule has 0 radical (unpaired) electrons. The van der Waals surface area contributed by atoms with Crippen LogP contribution in [0.15, 0.2) is 44.7 Å². The molecular formula is C16H18Br2N2S. The van der Waals surface area contributed by atoms with Gasteiger partial charge in [-0.15, -0.1) is 11.3 Å². The molecule has 1 fully saturated rings. The highest BCUT2D eigenvalue weighted by Crippen LogP contribution is 2.36. The average Bonchev–Trinajstić information content (AvgIpc) is 2.73. The molecule has 1 aliphatic rings. The second-order valence-corrected chi connectivity index (χ2v) is 8.65. The summed E-state index contributed by atoms with van der Waals surface area (Å²) in [4.78, 5) is 4.00. The predicted octanol–water partition coefficient (Wildman–Crippen LogP) is 4.66. The van der Waals surface area contributed by atoms with E-state index in [1.165, 1.54) is 20.6 Å². The van der Waals surface area contributed by atoms with E-state index in [2.05, 4.69) is 78.5 Å². The van der Waals surface area contributed by atoms with Crippen molar-refractivity contribution < 1.29 is 0 Å². The van der Waals surface area contributed by atoms with Gasteiger partial charge in [-0.2, -0.15) is 0 Å². The zero-order valence-electron chi connectivity index (χ0n) is 11.7. The second kappa shape index (κ2) is 7.38. The summed E-state index contributed by atoms with van der Waals surface area (Å²) in [5.41, 5.74) is 1.36. The van der Waals surface area contributed by atoms with Gasteiger partial charge in [0, 0.05) is 29.0 Å². The van der Waals surface area contributed by atoms with E-state index in [0.717, 1.165) is 30.7 Å². The first-order chi connectivity index (χ1) is 10.2. The third kappa shape index (κ3) is 3.96. The minimum atomic E-state index is 0.346. The number of nitrogens with one attached hydrogen (secondary N) is 1. The quantitative estimate of drug-likeness (QED) is 0.763. The fourth-order valence-corrected chi connectivity index (χ4v) is 4.84. The molecule has 0 saturated carbocycles. The molecule has 0 aliphatic carbocycles. The Morgan fingerprint density at radius 2 is 2.00 bits per heavy atom. The SMILES string of the molecule is Brc1cccc(C(c2ccc(Br)s2)N2CCCNCC2)c1. The summed E-state index contributed by atoms with van der Waals surface area (Å²) < 4.78 is 2.35. The lowest BCUT2D eigenvalue weighted by Gasteiger charge is -2.30. The van der Waals surface area contributed by atoms with Crippen LogP contribution in [0.25, 0.3) is 0 Å². The molecule has 1 atom stereocenters. The molecule has 0 bridgehead atoms. The van der Waals surface area contributed by atoms with E-state index >= 15 is 0 Å². The van der Waals surface area contributed by atoms with Gasteiger partial charge in [-0.3, -0.25) is 4.90 Å². The van der Waals surface area contributed by atoms with E-state index < -0.39 is 0 Å². The Balaban J connectivity index is 1.97. The Kier molecular flexibility index (Phi) is 5.51. The van der Waals surface area contributed by atoms with E-state index in [4.69, 9.17) is 0 Å². The molecule has 1 aromatic carbocycles. The third-order valence-electron chi connectivity index (χ3n) is 3.77. The van der Waals surface area contributed by atoms with Gasteiger partial charge >= 0.3 is 0 Å². The van der Waals surface area contributed by atoms with Crippen LogP contribution in [0.5, 0.6) is 0 Å². The van der Waals surface area contributed by atoms with Crippen molar-refractivity contribution in [1.29, 1.82) is 0 Å². The second-order valence-electron chi connectivity index (χ2n) is 5.24. The van der Waals surface area contributed by atoms with Crippen molar-refractivity contribution in [2.45, 2.75) is 12.5 Å². The first kappa shape index (κ1) is 15.7. The monoisotopic (exact) mass is 428 g/mol. The molecule has 1 saturated heterocycles. The number of nitrogens with zero attached hydrogens (tertiary/aromatic N) is 1. The van der Waals surface area contributed by atoms with E-state index in [0.29, 0.717) is 6.04 Å². The van der Waals surface area contributed by atoms with Crippen LogP contribution < -0.4 is 5.32 Å². The normalized spacial score (nSPS) is 18.4. The molecule has 1 aromatic heterocycles. The molecule has 2 aromatic rings. The summed E-state index contributed by atoms with van der Waals surface area (Å²) in [7, 11) is 0. The summed E-state index contributed by atoms with van der Waals surface area (Å²) in [6.45, 7) is 4.42. The highest BCUT2D eigenvalue weighted by molar-refractivity contribution is 9.11. The summed E-state index contributed by atoms with van der Waals surface area (Å²) in [5.74, 6) is 0. The Bertz CT molecular complexity index is 591. The lowest BCUT2D eigenvalue weighted by Crippen LogP contribution is -2.32. The number of halogens is 2. The first-order valence-corrected chi connectivity index (χ1v) is 9.60. The van der Waals surface area contributed by atoms with E-state index in [-0.39, 0.29) is 0 Å². The summed E-state index contributed by atoms with van der Waals surface area (Å²) in [5, 5.41) is 3.49. The minimum Gasteiger partial charge on any atom is -0.315 e. The number of benzene rings is 1. The first-order valence-electron chi connectivity index (χ1n) is 7.19. The lowest BCUT2D eigenvalue weighted by atomic mass is 10.0. The molecule has 3 rings (SSSR count). The molecular weight excluding hydrogens is 412 g/mol. The van der Waals surface area contributed by atoms with Crippen molar-refractivity contribution in [3.8, 4) is 0 Å². The number of rotatable bonds is 3. The molecule has 2 heterocycles. The van der Waals surface area contributed by atoms with Gasteiger partial charge in [0.25, 0.3) is 0 Å². The topological polar surface area (TPSA) is 15.3 Å². The van der Waals surface area contributed by atoms with Crippen molar-refractivity contribution in [2.24, 2.45) is 0 Å². The maximum Gasteiger partial charge on any atom is 0.0702 e. The van der Waals surface area contributed by atoms with Crippen LogP contribution in [0.4, 0.5) is 0 Å². The van der Waals surface area contributed by atoms with Crippen molar-refractivity contribution >= 4 is 43.2 Å². The maximum atomic E-state index is 3.61. The van der Waals surface area contributed by atoms with E-state index in [1.54, 1.807) is 0 Å². The minimum absolute atomic E-state index is 0.346. The molecule has 0 amide bonds. The van der Waals surface area contributed by atoms with Crippen LogP contribution >= 0.6 is 43.2 Å². The predicted molar refractivity (Wildman–Crippen MR) is 97.1 cm³/mol. The van der Waals surface area contributed by atoms with Crippen molar-refractivity contribution in [3.63, 3.8) is 0 Å². The number of hydrogen-bond donors (Lipinski definition) is 1. The van der Waals surface area contributed by atoms with Crippen LogP contribution in [0.1, 0.15) is 22.9 Å². The molecule has 0 spiro atoms. The van der Waals surface area contributed by atoms with Crippen LogP contribution in [0.3, 0.4) is 0 Å². The third-order valence-corrected chi connectivity index (χ3v) is 5.94. The Hall–Kier alpha value is -0.200. The van der Waals surface area contributed by atoms with Gasteiger partial charge < -0.3 is 5.32 Å².